The first-order valence-electron chi connectivity index (χ1n) is 6.87. The fourth-order valence-electron chi connectivity index (χ4n) is 2.02. The molecule has 2 N–H and O–H groups in total. The highest BCUT2D eigenvalue weighted by molar-refractivity contribution is 5.93. The second kappa shape index (κ2) is 7.35. The molecule has 0 atom stereocenters. The Morgan fingerprint density at radius 2 is 1.78 bits per heavy atom. The molecule has 0 saturated heterocycles. The monoisotopic (exact) mass is 319 g/mol. The molecule has 7 heteroatoms. The van der Waals surface area contributed by atoms with Gasteiger partial charge in [0.2, 0.25) is 5.76 Å². The van der Waals surface area contributed by atoms with Crippen molar-refractivity contribution >= 4 is 11.9 Å². The van der Waals surface area contributed by atoms with Crippen LogP contribution < -0.4 is 14.8 Å². The van der Waals surface area contributed by atoms with Gasteiger partial charge in [-0.05, 0) is 36.2 Å². The van der Waals surface area contributed by atoms with Gasteiger partial charge in [-0.15, -0.1) is 0 Å². The van der Waals surface area contributed by atoms with E-state index in [9.17, 15) is 9.59 Å². The van der Waals surface area contributed by atoms with Crippen LogP contribution in [0, 0.1) is 0 Å². The molecule has 0 unspecified atom stereocenters. The third-order valence-corrected chi connectivity index (χ3v) is 3.19. The number of rotatable bonds is 7. The molecule has 0 aliphatic carbocycles. The maximum Gasteiger partial charge on any atom is 0.371 e. The zero-order valence-corrected chi connectivity index (χ0v) is 12.8. The fourth-order valence-corrected chi connectivity index (χ4v) is 2.02. The van der Waals surface area contributed by atoms with Gasteiger partial charge >= 0.3 is 5.97 Å². The summed E-state index contributed by atoms with van der Waals surface area (Å²) in [6, 6.07) is 8.08. The van der Waals surface area contributed by atoms with Gasteiger partial charge in [0.15, 0.2) is 17.3 Å². The molecule has 7 nitrogen and oxygen atoms in total. The zero-order valence-electron chi connectivity index (χ0n) is 12.8. The molecule has 0 saturated carbocycles. The Morgan fingerprint density at radius 3 is 2.39 bits per heavy atom. The van der Waals surface area contributed by atoms with Crippen molar-refractivity contribution in [3.8, 4) is 11.5 Å². The molecular weight excluding hydrogens is 302 g/mol. The Balaban J connectivity index is 1.91. The van der Waals surface area contributed by atoms with Crippen molar-refractivity contribution in [3.63, 3.8) is 0 Å². The van der Waals surface area contributed by atoms with Gasteiger partial charge in [-0.25, -0.2) is 4.79 Å². The molecule has 2 rings (SSSR count). The SMILES string of the molecule is COc1ccc(CCNC(=O)c2ccc(C(=O)O)o2)cc1OC. The number of aromatic carboxylic acids is 1. The second-order valence-corrected chi connectivity index (χ2v) is 4.66. The number of carboxylic acids is 1. The lowest BCUT2D eigenvalue weighted by atomic mass is 10.1. The summed E-state index contributed by atoms with van der Waals surface area (Å²) in [6.45, 7) is 0.372. The van der Waals surface area contributed by atoms with Gasteiger partial charge in [0, 0.05) is 6.54 Å². The van der Waals surface area contributed by atoms with E-state index in [-0.39, 0.29) is 11.5 Å². The third kappa shape index (κ3) is 4.03. The molecule has 0 bridgehead atoms. The van der Waals surface area contributed by atoms with Crippen LogP contribution in [0.2, 0.25) is 0 Å². The number of nitrogens with one attached hydrogen (secondary N) is 1. The minimum absolute atomic E-state index is 0.0327. The number of carboxylic acid groups (broad SMARTS) is 1. The van der Waals surface area contributed by atoms with E-state index in [2.05, 4.69) is 5.32 Å². The van der Waals surface area contributed by atoms with Crippen molar-refractivity contribution in [2.45, 2.75) is 6.42 Å². The number of ether oxygens (including phenoxy) is 2. The Morgan fingerprint density at radius 1 is 1.09 bits per heavy atom. The van der Waals surface area contributed by atoms with Crippen molar-refractivity contribution in [3.05, 3.63) is 47.4 Å². The van der Waals surface area contributed by atoms with Gasteiger partial charge in [0.05, 0.1) is 14.2 Å². The molecule has 0 aliphatic heterocycles. The molecule has 1 amide bonds. The number of methoxy groups -OCH3 is 2. The van der Waals surface area contributed by atoms with E-state index in [1.807, 2.05) is 12.1 Å². The Kier molecular flexibility index (Phi) is 5.24. The summed E-state index contributed by atoms with van der Waals surface area (Å²) < 4.78 is 15.3. The third-order valence-electron chi connectivity index (χ3n) is 3.19. The lowest BCUT2D eigenvalue weighted by Gasteiger charge is -2.09. The first-order valence-corrected chi connectivity index (χ1v) is 6.87. The van der Waals surface area contributed by atoms with E-state index < -0.39 is 11.9 Å². The van der Waals surface area contributed by atoms with Crippen molar-refractivity contribution in [2.24, 2.45) is 0 Å². The molecule has 0 spiro atoms. The van der Waals surface area contributed by atoms with E-state index in [0.717, 1.165) is 5.56 Å². The zero-order chi connectivity index (χ0) is 16.8. The Labute approximate surface area is 132 Å². The summed E-state index contributed by atoms with van der Waals surface area (Å²) >= 11 is 0. The van der Waals surface area contributed by atoms with E-state index in [4.69, 9.17) is 19.0 Å². The molecular formula is C16H17NO6. The summed E-state index contributed by atoms with van der Waals surface area (Å²) in [6.07, 6.45) is 0.582. The van der Waals surface area contributed by atoms with E-state index in [0.29, 0.717) is 24.5 Å². The molecule has 1 aromatic carbocycles. The highest BCUT2D eigenvalue weighted by atomic mass is 16.5. The van der Waals surface area contributed by atoms with Crippen molar-refractivity contribution < 1.29 is 28.6 Å². The summed E-state index contributed by atoms with van der Waals surface area (Å²) in [4.78, 5) is 22.6. The number of hydrogen-bond acceptors (Lipinski definition) is 5. The van der Waals surface area contributed by atoms with Crippen molar-refractivity contribution in [1.82, 2.24) is 5.32 Å². The second-order valence-electron chi connectivity index (χ2n) is 4.66. The van der Waals surface area contributed by atoms with E-state index in [1.54, 1.807) is 20.3 Å². The molecule has 2 aromatic rings. The van der Waals surface area contributed by atoms with Crippen LogP contribution >= 0.6 is 0 Å². The normalized spacial score (nSPS) is 10.2. The Hall–Kier alpha value is -2.96. The number of furan rings is 1. The number of benzene rings is 1. The highest BCUT2D eigenvalue weighted by Gasteiger charge is 2.14. The van der Waals surface area contributed by atoms with Crippen LogP contribution in [0.15, 0.2) is 34.7 Å². The van der Waals surface area contributed by atoms with Crippen LogP contribution in [-0.2, 0) is 6.42 Å². The number of amides is 1. The van der Waals surface area contributed by atoms with Crippen LogP contribution in [0.5, 0.6) is 11.5 Å². The van der Waals surface area contributed by atoms with E-state index in [1.165, 1.54) is 12.1 Å². The first kappa shape index (κ1) is 16.4. The van der Waals surface area contributed by atoms with Crippen LogP contribution in [0.25, 0.3) is 0 Å². The van der Waals surface area contributed by atoms with E-state index >= 15 is 0 Å². The Bertz CT molecular complexity index is 706. The van der Waals surface area contributed by atoms with Gasteiger partial charge in [0.25, 0.3) is 5.91 Å². The van der Waals surface area contributed by atoms with Crippen LogP contribution in [-0.4, -0.2) is 37.7 Å². The largest absolute Gasteiger partial charge is 0.493 e. The quantitative estimate of drug-likeness (QED) is 0.809. The first-order chi connectivity index (χ1) is 11.0. The lowest BCUT2D eigenvalue weighted by Crippen LogP contribution is -2.25. The predicted octanol–water partition coefficient (Wildman–Crippen LogP) is 1.97. The summed E-state index contributed by atoms with van der Waals surface area (Å²) in [5.74, 6) is -0.720. The predicted molar refractivity (Wildman–Crippen MR) is 81.3 cm³/mol. The maximum atomic E-state index is 11.9. The molecule has 0 radical (unpaired) electrons. The number of carbonyl (C=O) groups excluding carboxylic acids is 1. The van der Waals surface area contributed by atoms with Gasteiger partial charge in [-0.2, -0.15) is 0 Å². The minimum Gasteiger partial charge on any atom is -0.493 e. The molecule has 0 fully saturated rings. The topological polar surface area (TPSA) is 98.0 Å². The minimum atomic E-state index is -1.21. The molecule has 0 aliphatic rings. The average Bonchev–Trinajstić information content (AvgIpc) is 3.05. The fraction of sp³-hybridized carbons (Fsp3) is 0.250. The molecule has 122 valence electrons. The van der Waals surface area contributed by atoms with Gasteiger partial charge in [0.1, 0.15) is 0 Å². The smallest absolute Gasteiger partial charge is 0.371 e. The number of carbonyl (C=O) groups is 2. The summed E-state index contributed by atoms with van der Waals surface area (Å²) in [7, 11) is 3.12. The summed E-state index contributed by atoms with van der Waals surface area (Å²) in [5, 5.41) is 11.4. The average molecular weight is 319 g/mol. The van der Waals surface area contributed by atoms with Gasteiger partial charge in [-0.1, -0.05) is 6.07 Å². The number of hydrogen-bond donors (Lipinski definition) is 2. The lowest BCUT2D eigenvalue weighted by molar-refractivity contribution is 0.0659. The molecule has 1 heterocycles. The van der Waals surface area contributed by atoms with Crippen LogP contribution in [0.4, 0.5) is 0 Å². The molecule has 1 aromatic heterocycles. The van der Waals surface area contributed by atoms with Crippen LogP contribution in [0.1, 0.15) is 26.7 Å². The maximum absolute atomic E-state index is 11.9. The van der Waals surface area contributed by atoms with Crippen molar-refractivity contribution in [1.29, 1.82) is 0 Å². The van der Waals surface area contributed by atoms with Crippen molar-refractivity contribution in [2.75, 3.05) is 20.8 Å². The standard InChI is InChI=1S/C16H17NO6/c1-21-11-4-3-10(9-14(11)22-2)7-8-17-15(18)12-5-6-13(23-12)16(19)20/h3-6,9H,7-8H2,1-2H3,(H,17,18)(H,19,20). The van der Waals surface area contributed by atoms with Gasteiger partial charge in [-0.3, -0.25) is 4.79 Å². The van der Waals surface area contributed by atoms with Gasteiger partial charge < -0.3 is 24.3 Å². The highest BCUT2D eigenvalue weighted by Crippen LogP contribution is 2.27. The van der Waals surface area contributed by atoms with Crippen LogP contribution in [0.3, 0.4) is 0 Å². The summed E-state index contributed by atoms with van der Waals surface area (Å²) in [5.41, 5.74) is 0.966. The molecule has 23 heavy (non-hydrogen) atoms.